The fourth-order valence-electron chi connectivity index (χ4n) is 2.22. The molecular formula is C15H26N4O5. The Balaban J connectivity index is 3.09. The number of nitrogens with two attached hydrogens (primary N) is 1. The molecule has 0 aliphatic rings. The van der Waals surface area contributed by atoms with Crippen molar-refractivity contribution >= 4 is 17.4 Å². The van der Waals surface area contributed by atoms with Crippen molar-refractivity contribution < 1.29 is 14.3 Å². The average Bonchev–Trinajstić information content (AvgIpc) is 2.55. The summed E-state index contributed by atoms with van der Waals surface area (Å²) in [5.41, 5.74) is 4.73. The van der Waals surface area contributed by atoms with E-state index in [2.05, 4.69) is 4.98 Å². The quantitative estimate of drug-likeness (QED) is 0.575. The molecule has 0 aliphatic heterocycles. The molecule has 0 aliphatic carbocycles. The van der Waals surface area contributed by atoms with Gasteiger partial charge in [-0.25, -0.2) is 4.79 Å². The molecule has 0 spiro atoms. The second kappa shape index (κ2) is 9.89. The molecule has 0 bridgehead atoms. The first-order chi connectivity index (χ1) is 11.5. The number of carbonyl (C=O) groups excluding carboxylic acids is 1. The third kappa shape index (κ3) is 4.93. The van der Waals surface area contributed by atoms with Gasteiger partial charge in [0.1, 0.15) is 12.4 Å². The highest BCUT2D eigenvalue weighted by Gasteiger charge is 2.22. The smallest absolute Gasteiger partial charge is 0.330 e. The number of rotatable bonds is 10. The van der Waals surface area contributed by atoms with Gasteiger partial charge in [-0.3, -0.25) is 19.1 Å². The second-order valence-corrected chi connectivity index (χ2v) is 5.18. The van der Waals surface area contributed by atoms with Crippen LogP contribution in [0.5, 0.6) is 0 Å². The van der Waals surface area contributed by atoms with Crippen molar-refractivity contribution in [1.29, 1.82) is 0 Å². The van der Waals surface area contributed by atoms with Crippen LogP contribution in [0.4, 0.5) is 11.5 Å². The van der Waals surface area contributed by atoms with Gasteiger partial charge in [0.2, 0.25) is 0 Å². The summed E-state index contributed by atoms with van der Waals surface area (Å²) in [6.45, 7) is 4.73. The maximum Gasteiger partial charge on any atom is 0.330 e. The maximum atomic E-state index is 12.3. The van der Waals surface area contributed by atoms with Crippen LogP contribution in [0.3, 0.4) is 0 Å². The summed E-state index contributed by atoms with van der Waals surface area (Å²) in [6, 6.07) is 0. The SMILES string of the molecule is CCCCn1c(N)c(N(CC)C(=O)COCCOC)c(=O)[nH]c1=O. The maximum absolute atomic E-state index is 12.3. The third-order valence-corrected chi connectivity index (χ3v) is 3.49. The van der Waals surface area contributed by atoms with Gasteiger partial charge >= 0.3 is 5.69 Å². The largest absolute Gasteiger partial charge is 0.383 e. The Morgan fingerprint density at radius 2 is 2.00 bits per heavy atom. The van der Waals surface area contributed by atoms with Gasteiger partial charge in [-0.15, -0.1) is 0 Å². The number of nitrogens with zero attached hydrogens (tertiary/aromatic N) is 2. The summed E-state index contributed by atoms with van der Waals surface area (Å²) in [7, 11) is 1.53. The number of aromatic nitrogens is 2. The lowest BCUT2D eigenvalue weighted by molar-refractivity contribution is -0.123. The monoisotopic (exact) mass is 342 g/mol. The molecule has 0 aromatic carbocycles. The van der Waals surface area contributed by atoms with E-state index in [1.165, 1.54) is 16.6 Å². The molecular weight excluding hydrogens is 316 g/mol. The van der Waals surface area contributed by atoms with Crippen LogP contribution in [0, 0.1) is 0 Å². The van der Waals surface area contributed by atoms with Gasteiger partial charge in [0, 0.05) is 20.2 Å². The van der Waals surface area contributed by atoms with Crippen molar-refractivity contribution in [3.8, 4) is 0 Å². The number of anilines is 2. The predicted molar refractivity (Wildman–Crippen MR) is 91.4 cm³/mol. The molecule has 1 heterocycles. The second-order valence-electron chi connectivity index (χ2n) is 5.18. The molecule has 3 N–H and O–H groups in total. The van der Waals surface area contributed by atoms with E-state index in [9.17, 15) is 14.4 Å². The molecule has 1 aromatic heterocycles. The van der Waals surface area contributed by atoms with Crippen LogP contribution in [0.2, 0.25) is 0 Å². The minimum atomic E-state index is -0.683. The highest BCUT2D eigenvalue weighted by molar-refractivity contribution is 5.96. The number of likely N-dealkylation sites (N-methyl/N-ethyl adjacent to an activating group) is 1. The lowest BCUT2D eigenvalue weighted by atomic mass is 10.3. The number of ether oxygens (including phenoxy) is 2. The van der Waals surface area contributed by atoms with Crippen molar-refractivity contribution in [2.45, 2.75) is 33.2 Å². The first-order valence-corrected chi connectivity index (χ1v) is 7.97. The van der Waals surface area contributed by atoms with Crippen LogP contribution in [0.25, 0.3) is 0 Å². The summed E-state index contributed by atoms with van der Waals surface area (Å²) >= 11 is 0. The zero-order chi connectivity index (χ0) is 18.1. The molecule has 1 aromatic rings. The number of nitrogens with one attached hydrogen (secondary N) is 1. The Morgan fingerprint density at radius 3 is 2.58 bits per heavy atom. The molecule has 136 valence electrons. The van der Waals surface area contributed by atoms with Crippen molar-refractivity contribution in [1.82, 2.24) is 9.55 Å². The molecule has 0 saturated carbocycles. The van der Waals surface area contributed by atoms with Crippen molar-refractivity contribution in [2.75, 3.05) is 44.1 Å². The number of unbranched alkanes of at least 4 members (excludes halogenated alkanes) is 1. The topological polar surface area (TPSA) is 120 Å². The predicted octanol–water partition coefficient (Wildman–Crippen LogP) is -0.0652. The van der Waals surface area contributed by atoms with Gasteiger partial charge in [-0.2, -0.15) is 0 Å². The van der Waals surface area contributed by atoms with Gasteiger partial charge < -0.3 is 20.1 Å². The van der Waals surface area contributed by atoms with E-state index < -0.39 is 17.2 Å². The molecule has 1 amide bonds. The lowest BCUT2D eigenvalue weighted by Crippen LogP contribution is -2.42. The van der Waals surface area contributed by atoms with Crippen LogP contribution in [-0.4, -0.2) is 48.9 Å². The van der Waals surface area contributed by atoms with Gasteiger partial charge in [0.05, 0.1) is 13.2 Å². The zero-order valence-electron chi connectivity index (χ0n) is 14.5. The number of carbonyl (C=O) groups is 1. The van der Waals surface area contributed by atoms with Crippen LogP contribution >= 0.6 is 0 Å². The normalized spacial score (nSPS) is 10.8. The number of amides is 1. The van der Waals surface area contributed by atoms with Crippen LogP contribution in [-0.2, 0) is 20.8 Å². The van der Waals surface area contributed by atoms with E-state index >= 15 is 0 Å². The van der Waals surface area contributed by atoms with Crippen LogP contribution in [0.1, 0.15) is 26.7 Å². The van der Waals surface area contributed by atoms with Gasteiger partial charge in [0.25, 0.3) is 11.5 Å². The van der Waals surface area contributed by atoms with E-state index in [4.69, 9.17) is 15.2 Å². The van der Waals surface area contributed by atoms with Crippen molar-refractivity contribution in [2.24, 2.45) is 0 Å². The van der Waals surface area contributed by atoms with Crippen molar-refractivity contribution in [3.05, 3.63) is 20.8 Å². The number of methoxy groups -OCH3 is 1. The molecule has 0 radical (unpaired) electrons. The molecule has 24 heavy (non-hydrogen) atoms. The molecule has 0 fully saturated rings. The van der Waals surface area contributed by atoms with Gasteiger partial charge in [0.15, 0.2) is 5.69 Å². The summed E-state index contributed by atoms with van der Waals surface area (Å²) in [6.07, 6.45) is 1.60. The number of hydrogen-bond acceptors (Lipinski definition) is 6. The van der Waals surface area contributed by atoms with Crippen LogP contribution < -0.4 is 21.9 Å². The third-order valence-electron chi connectivity index (χ3n) is 3.49. The van der Waals surface area contributed by atoms with Gasteiger partial charge in [-0.05, 0) is 13.3 Å². The minimum absolute atomic E-state index is 0.00992. The Bertz CT molecular complexity index is 652. The molecule has 9 heteroatoms. The Hall–Kier alpha value is -2.13. The highest BCUT2D eigenvalue weighted by atomic mass is 16.5. The Labute approximate surface area is 140 Å². The lowest BCUT2D eigenvalue weighted by Gasteiger charge is -2.23. The summed E-state index contributed by atoms with van der Waals surface area (Å²) in [4.78, 5) is 39.9. The van der Waals surface area contributed by atoms with E-state index in [1.807, 2.05) is 6.92 Å². The van der Waals surface area contributed by atoms with Crippen molar-refractivity contribution in [3.63, 3.8) is 0 Å². The van der Waals surface area contributed by atoms with E-state index in [0.29, 0.717) is 13.2 Å². The van der Waals surface area contributed by atoms with Gasteiger partial charge in [-0.1, -0.05) is 13.3 Å². The first-order valence-electron chi connectivity index (χ1n) is 7.97. The number of hydrogen-bond donors (Lipinski definition) is 2. The number of aromatic amines is 1. The van der Waals surface area contributed by atoms with E-state index in [1.54, 1.807) is 6.92 Å². The Kier molecular flexibility index (Phi) is 8.20. The summed E-state index contributed by atoms with van der Waals surface area (Å²) < 4.78 is 11.3. The number of H-pyrrole nitrogens is 1. The fourth-order valence-corrected chi connectivity index (χ4v) is 2.22. The molecule has 0 saturated heterocycles. The molecule has 9 nitrogen and oxygen atoms in total. The Morgan fingerprint density at radius 1 is 1.29 bits per heavy atom. The summed E-state index contributed by atoms with van der Waals surface area (Å²) in [5, 5.41) is 0. The molecule has 0 atom stereocenters. The fraction of sp³-hybridized carbons (Fsp3) is 0.667. The highest BCUT2D eigenvalue weighted by Crippen LogP contribution is 2.17. The average molecular weight is 342 g/mol. The van der Waals surface area contributed by atoms with E-state index in [-0.39, 0.29) is 31.3 Å². The van der Waals surface area contributed by atoms with Crippen LogP contribution in [0.15, 0.2) is 9.59 Å². The minimum Gasteiger partial charge on any atom is -0.383 e. The zero-order valence-corrected chi connectivity index (χ0v) is 14.5. The molecule has 0 unspecified atom stereocenters. The number of nitrogen functional groups attached to an aromatic ring is 1. The van der Waals surface area contributed by atoms with E-state index in [0.717, 1.165) is 12.8 Å². The first kappa shape index (κ1) is 19.9. The summed E-state index contributed by atoms with van der Waals surface area (Å²) in [5.74, 6) is -0.421. The molecule has 1 rings (SSSR count). The standard InChI is InChI=1S/C15H26N4O5/c1-4-6-7-19-13(16)12(14(21)17-15(19)22)18(5-2)11(20)10-24-9-8-23-3/h4-10,16H2,1-3H3,(H,17,21,22).